The molecule has 25 heavy (non-hydrogen) atoms. The first-order valence-electron chi connectivity index (χ1n) is 8.17. The molecule has 0 aliphatic carbocycles. The molecule has 0 spiro atoms. The van der Waals surface area contributed by atoms with Gasteiger partial charge in [-0.15, -0.1) is 0 Å². The summed E-state index contributed by atoms with van der Waals surface area (Å²) in [5.41, 5.74) is 0.776. The third kappa shape index (κ3) is 5.38. The van der Waals surface area contributed by atoms with Crippen molar-refractivity contribution in [1.29, 1.82) is 0 Å². The van der Waals surface area contributed by atoms with Crippen LogP contribution < -0.4 is 20.7 Å². The summed E-state index contributed by atoms with van der Waals surface area (Å²) in [5, 5.41) is 8.65. The van der Waals surface area contributed by atoms with Gasteiger partial charge in [-0.1, -0.05) is 26.0 Å². The van der Waals surface area contributed by atoms with Gasteiger partial charge in [-0.3, -0.25) is 14.9 Å². The zero-order valence-corrected chi connectivity index (χ0v) is 14.4. The van der Waals surface area contributed by atoms with Crippen LogP contribution in [-0.2, 0) is 9.59 Å². The molecule has 1 aliphatic rings. The smallest absolute Gasteiger partial charge is 0.387 e. The number of nitrogens with one attached hydrogen (secondary N) is 3. The summed E-state index contributed by atoms with van der Waals surface area (Å²) in [5.74, 6) is -0.318. The van der Waals surface area contributed by atoms with Gasteiger partial charge in [0.1, 0.15) is 5.75 Å². The van der Waals surface area contributed by atoms with Crippen LogP contribution in [0.1, 0.15) is 38.8 Å². The maximum absolute atomic E-state index is 12.5. The Morgan fingerprint density at radius 3 is 2.44 bits per heavy atom. The van der Waals surface area contributed by atoms with Crippen LogP contribution in [0.25, 0.3) is 0 Å². The third-order valence-corrected chi connectivity index (χ3v) is 3.96. The molecule has 0 radical (unpaired) electrons. The summed E-state index contributed by atoms with van der Waals surface area (Å²) in [6.07, 6.45) is -0.206. The van der Waals surface area contributed by atoms with E-state index < -0.39 is 12.7 Å². The van der Waals surface area contributed by atoms with E-state index in [2.05, 4.69) is 20.7 Å². The number of hydrogen-bond acceptors (Lipinski definition) is 4. The Bertz CT molecular complexity index is 608. The highest BCUT2D eigenvalue weighted by Gasteiger charge is 2.30. The van der Waals surface area contributed by atoms with Gasteiger partial charge < -0.3 is 15.4 Å². The van der Waals surface area contributed by atoms with Crippen LogP contribution in [0.15, 0.2) is 24.3 Å². The number of ether oxygens (including phenoxy) is 1. The molecule has 1 heterocycles. The van der Waals surface area contributed by atoms with Gasteiger partial charge in [0.2, 0.25) is 11.8 Å². The molecule has 8 heteroatoms. The molecule has 0 saturated carbocycles. The summed E-state index contributed by atoms with van der Waals surface area (Å²) in [7, 11) is 0. The monoisotopic (exact) mass is 355 g/mol. The zero-order chi connectivity index (χ0) is 18.6. The standard InChI is InChI=1S/C17H23F2N3O3/c1-9(2)15(11-4-6-12(7-5-11)25-17(18)19)22-16(24)13-8-14(23)21-10(3)20-13/h4-7,9-10,13,15,17,20H,8H2,1-3H3,(H,21,23)(H,22,24)/t10?,13?,15-/m1/s1. The highest BCUT2D eigenvalue weighted by Crippen LogP contribution is 2.25. The summed E-state index contributed by atoms with van der Waals surface area (Å²) >= 11 is 0. The van der Waals surface area contributed by atoms with Gasteiger partial charge in [-0.2, -0.15) is 8.78 Å². The molecule has 1 fully saturated rings. The van der Waals surface area contributed by atoms with E-state index in [0.29, 0.717) is 0 Å². The number of carbonyl (C=O) groups excluding carboxylic acids is 2. The predicted molar refractivity (Wildman–Crippen MR) is 87.9 cm³/mol. The van der Waals surface area contributed by atoms with Crippen LogP contribution >= 0.6 is 0 Å². The molecule has 2 amide bonds. The lowest BCUT2D eigenvalue weighted by Crippen LogP contribution is -2.59. The van der Waals surface area contributed by atoms with Gasteiger partial charge in [-0.05, 0) is 30.5 Å². The van der Waals surface area contributed by atoms with E-state index in [1.807, 2.05) is 13.8 Å². The lowest BCUT2D eigenvalue weighted by molar-refractivity contribution is -0.132. The number of benzene rings is 1. The maximum atomic E-state index is 12.5. The van der Waals surface area contributed by atoms with Crippen molar-refractivity contribution >= 4 is 11.8 Å². The molecule has 0 bridgehead atoms. The second-order valence-electron chi connectivity index (χ2n) is 6.39. The molecule has 6 nitrogen and oxygen atoms in total. The van der Waals surface area contributed by atoms with Crippen LogP contribution in [0.4, 0.5) is 8.78 Å². The second kappa shape index (κ2) is 8.24. The summed E-state index contributed by atoms with van der Waals surface area (Å²) in [4.78, 5) is 24.1. The number of rotatable bonds is 6. The Morgan fingerprint density at radius 2 is 1.92 bits per heavy atom. The fourth-order valence-corrected chi connectivity index (χ4v) is 2.80. The van der Waals surface area contributed by atoms with Gasteiger partial charge in [0.15, 0.2) is 0 Å². The highest BCUT2D eigenvalue weighted by molar-refractivity contribution is 5.89. The van der Waals surface area contributed by atoms with Crippen LogP contribution in [0, 0.1) is 5.92 Å². The number of hydrogen-bond donors (Lipinski definition) is 3. The molecule has 1 saturated heterocycles. The Morgan fingerprint density at radius 1 is 1.28 bits per heavy atom. The van der Waals surface area contributed by atoms with Crippen molar-refractivity contribution in [3.63, 3.8) is 0 Å². The minimum absolute atomic E-state index is 0.0621. The number of halogens is 2. The first-order valence-corrected chi connectivity index (χ1v) is 8.17. The molecule has 1 aromatic carbocycles. The first kappa shape index (κ1) is 19.1. The summed E-state index contributed by atoms with van der Waals surface area (Å²) < 4.78 is 28.8. The number of alkyl halides is 2. The summed E-state index contributed by atoms with van der Waals surface area (Å²) in [6.45, 7) is 2.77. The van der Waals surface area contributed by atoms with Crippen molar-refractivity contribution in [2.24, 2.45) is 5.92 Å². The van der Waals surface area contributed by atoms with Crippen molar-refractivity contribution in [1.82, 2.24) is 16.0 Å². The third-order valence-electron chi connectivity index (χ3n) is 3.96. The van der Waals surface area contributed by atoms with E-state index in [0.717, 1.165) is 5.56 Å². The molecule has 138 valence electrons. The molecule has 0 aromatic heterocycles. The topological polar surface area (TPSA) is 79.5 Å². The minimum atomic E-state index is -2.88. The Kier molecular flexibility index (Phi) is 6.30. The fraction of sp³-hybridized carbons (Fsp3) is 0.529. The predicted octanol–water partition coefficient (Wildman–Crippen LogP) is 1.93. The lowest BCUT2D eigenvalue weighted by Gasteiger charge is -2.31. The zero-order valence-electron chi connectivity index (χ0n) is 14.4. The minimum Gasteiger partial charge on any atom is -0.435 e. The number of amides is 2. The van der Waals surface area contributed by atoms with Gasteiger partial charge in [0, 0.05) is 0 Å². The van der Waals surface area contributed by atoms with E-state index in [1.165, 1.54) is 12.1 Å². The van der Waals surface area contributed by atoms with Crippen molar-refractivity contribution in [2.75, 3.05) is 0 Å². The van der Waals surface area contributed by atoms with Gasteiger partial charge in [0.05, 0.1) is 24.7 Å². The van der Waals surface area contributed by atoms with Crippen molar-refractivity contribution in [2.45, 2.75) is 52.1 Å². The average Bonchev–Trinajstić information content (AvgIpc) is 2.51. The molecule has 3 N–H and O–H groups in total. The van der Waals surface area contributed by atoms with E-state index in [1.54, 1.807) is 19.1 Å². The fourth-order valence-electron chi connectivity index (χ4n) is 2.80. The van der Waals surface area contributed by atoms with Gasteiger partial charge in [-0.25, -0.2) is 0 Å². The quantitative estimate of drug-likeness (QED) is 0.728. The van der Waals surface area contributed by atoms with Crippen LogP contribution in [0.3, 0.4) is 0 Å². The molecule has 3 atom stereocenters. The van der Waals surface area contributed by atoms with Crippen molar-refractivity contribution < 1.29 is 23.1 Å². The maximum Gasteiger partial charge on any atom is 0.387 e. The van der Waals surface area contributed by atoms with Crippen molar-refractivity contribution in [3.8, 4) is 5.75 Å². The largest absolute Gasteiger partial charge is 0.435 e. The normalized spacial score (nSPS) is 21.8. The lowest BCUT2D eigenvalue weighted by atomic mass is 9.95. The molecule has 1 aliphatic heterocycles. The Labute approximate surface area is 145 Å². The SMILES string of the molecule is CC1NC(=O)CC(C(=O)N[C@@H](c2ccc(OC(F)F)cc2)C(C)C)N1. The second-order valence-corrected chi connectivity index (χ2v) is 6.39. The average molecular weight is 355 g/mol. The van der Waals surface area contributed by atoms with Gasteiger partial charge >= 0.3 is 6.61 Å². The van der Waals surface area contributed by atoms with E-state index in [4.69, 9.17) is 0 Å². The molecule has 2 unspecified atom stereocenters. The Balaban J connectivity index is 2.07. The molecular formula is C17H23F2N3O3. The molecule has 1 aromatic rings. The number of carbonyl (C=O) groups is 2. The Hall–Kier alpha value is -2.22. The molecular weight excluding hydrogens is 332 g/mol. The first-order chi connectivity index (χ1) is 11.8. The highest BCUT2D eigenvalue weighted by atomic mass is 19.3. The van der Waals surface area contributed by atoms with Crippen LogP contribution in [-0.4, -0.2) is 30.6 Å². The van der Waals surface area contributed by atoms with Crippen LogP contribution in [0.5, 0.6) is 5.75 Å². The molecule has 2 rings (SSSR count). The van der Waals surface area contributed by atoms with Crippen molar-refractivity contribution in [3.05, 3.63) is 29.8 Å². The summed E-state index contributed by atoms with van der Waals surface area (Å²) in [6, 6.07) is 5.26. The van der Waals surface area contributed by atoms with Gasteiger partial charge in [0.25, 0.3) is 0 Å². The van der Waals surface area contributed by atoms with E-state index in [-0.39, 0.29) is 42.1 Å². The van der Waals surface area contributed by atoms with E-state index in [9.17, 15) is 18.4 Å². The van der Waals surface area contributed by atoms with E-state index >= 15 is 0 Å². The van der Waals surface area contributed by atoms with Crippen LogP contribution in [0.2, 0.25) is 0 Å².